The molecule has 9 heteroatoms. The molecule has 2 fully saturated rings. The molecule has 0 atom stereocenters. The van der Waals surface area contributed by atoms with Crippen LogP contribution in [-0.2, 0) is 9.47 Å². The van der Waals surface area contributed by atoms with Gasteiger partial charge in [0.1, 0.15) is 0 Å². The fourth-order valence-corrected chi connectivity index (χ4v) is 2.85. The minimum atomic E-state index is 0.639. The second-order valence-electron chi connectivity index (χ2n) is 5.80. The summed E-state index contributed by atoms with van der Waals surface area (Å²) in [6.45, 7) is 6.12. The van der Waals surface area contributed by atoms with Crippen LogP contribution in [0.1, 0.15) is 6.42 Å². The zero-order valence-electron chi connectivity index (χ0n) is 13.5. The molecule has 0 radical (unpaired) electrons. The first kappa shape index (κ1) is 15.3. The first-order valence-electron chi connectivity index (χ1n) is 8.31. The summed E-state index contributed by atoms with van der Waals surface area (Å²) in [5, 5.41) is 6.82. The molecule has 128 valence electrons. The van der Waals surface area contributed by atoms with Crippen LogP contribution in [0.4, 0.5) is 11.9 Å². The Kier molecular flexibility index (Phi) is 4.52. The van der Waals surface area contributed by atoms with Crippen molar-refractivity contribution in [3.8, 4) is 11.4 Å². The number of morpholine rings is 1. The third-order valence-corrected chi connectivity index (χ3v) is 4.17. The number of hydrogen-bond acceptors (Lipinski definition) is 8. The Morgan fingerprint density at radius 3 is 2.17 bits per heavy atom. The van der Waals surface area contributed by atoms with Gasteiger partial charge in [0.25, 0.3) is 0 Å². The van der Waals surface area contributed by atoms with Gasteiger partial charge in [0, 0.05) is 39.0 Å². The number of nitrogens with zero attached hydrogens (tertiary/aromatic N) is 6. The highest BCUT2D eigenvalue weighted by Gasteiger charge is 2.20. The van der Waals surface area contributed by atoms with E-state index in [4.69, 9.17) is 14.5 Å². The van der Waals surface area contributed by atoms with Gasteiger partial charge < -0.3 is 19.3 Å². The Hall–Kier alpha value is -2.26. The Morgan fingerprint density at radius 2 is 1.50 bits per heavy atom. The van der Waals surface area contributed by atoms with Gasteiger partial charge >= 0.3 is 0 Å². The van der Waals surface area contributed by atoms with Gasteiger partial charge in [-0.2, -0.15) is 20.1 Å². The van der Waals surface area contributed by atoms with Crippen molar-refractivity contribution in [2.24, 2.45) is 0 Å². The highest BCUT2D eigenvalue weighted by atomic mass is 16.5. The lowest BCUT2D eigenvalue weighted by Gasteiger charge is -2.28. The van der Waals surface area contributed by atoms with E-state index in [-0.39, 0.29) is 0 Å². The second kappa shape index (κ2) is 7.10. The van der Waals surface area contributed by atoms with Crippen molar-refractivity contribution in [1.82, 2.24) is 25.1 Å². The molecule has 2 aromatic heterocycles. The molecule has 0 saturated carbocycles. The molecule has 2 aromatic rings. The van der Waals surface area contributed by atoms with Crippen molar-refractivity contribution in [2.45, 2.75) is 6.42 Å². The second-order valence-corrected chi connectivity index (χ2v) is 5.80. The zero-order valence-corrected chi connectivity index (χ0v) is 13.5. The van der Waals surface area contributed by atoms with Crippen LogP contribution < -0.4 is 9.80 Å². The molecule has 0 amide bonds. The van der Waals surface area contributed by atoms with E-state index in [2.05, 4.69) is 30.0 Å². The van der Waals surface area contributed by atoms with Crippen LogP contribution in [0.5, 0.6) is 0 Å². The molecule has 2 aliphatic heterocycles. The molecule has 0 unspecified atom stereocenters. The number of hydrogen-bond donors (Lipinski definition) is 1. The largest absolute Gasteiger partial charge is 0.380 e. The van der Waals surface area contributed by atoms with E-state index in [1.54, 1.807) is 12.4 Å². The Labute approximate surface area is 140 Å². The van der Waals surface area contributed by atoms with Gasteiger partial charge in [0.15, 0.2) is 5.82 Å². The molecule has 4 heterocycles. The van der Waals surface area contributed by atoms with Gasteiger partial charge in [0.05, 0.1) is 31.6 Å². The molecule has 4 rings (SSSR count). The Balaban J connectivity index is 1.70. The summed E-state index contributed by atoms with van der Waals surface area (Å²) < 4.78 is 11.0. The summed E-state index contributed by atoms with van der Waals surface area (Å²) in [5.41, 5.74) is 0.860. The topological polar surface area (TPSA) is 92.3 Å². The number of anilines is 2. The van der Waals surface area contributed by atoms with Crippen LogP contribution in [0.2, 0.25) is 0 Å². The fraction of sp³-hybridized carbons (Fsp3) is 0.600. The van der Waals surface area contributed by atoms with Gasteiger partial charge in [-0.3, -0.25) is 5.10 Å². The summed E-state index contributed by atoms with van der Waals surface area (Å²) in [4.78, 5) is 18.3. The van der Waals surface area contributed by atoms with Gasteiger partial charge in [-0.25, -0.2) is 0 Å². The lowest BCUT2D eigenvalue weighted by molar-refractivity contribution is 0.122. The molecule has 0 aromatic carbocycles. The molecule has 1 N–H and O–H groups in total. The van der Waals surface area contributed by atoms with E-state index in [0.717, 1.165) is 44.8 Å². The third kappa shape index (κ3) is 3.31. The fourth-order valence-electron chi connectivity index (χ4n) is 2.85. The summed E-state index contributed by atoms with van der Waals surface area (Å²) in [5.74, 6) is 2.04. The van der Waals surface area contributed by atoms with E-state index < -0.39 is 0 Å². The predicted molar refractivity (Wildman–Crippen MR) is 88.1 cm³/mol. The van der Waals surface area contributed by atoms with Crippen molar-refractivity contribution < 1.29 is 9.47 Å². The van der Waals surface area contributed by atoms with Crippen molar-refractivity contribution in [2.75, 3.05) is 62.4 Å². The first-order chi connectivity index (χ1) is 11.9. The lowest BCUT2D eigenvalue weighted by atomic mass is 10.3. The van der Waals surface area contributed by atoms with E-state index in [1.165, 1.54) is 0 Å². The molecular formula is C15H21N7O2. The van der Waals surface area contributed by atoms with Crippen LogP contribution in [0.3, 0.4) is 0 Å². The summed E-state index contributed by atoms with van der Waals surface area (Å²) >= 11 is 0. The average Bonchev–Trinajstić information content (AvgIpc) is 3.05. The predicted octanol–water partition coefficient (Wildman–Crippen LogP) is 0.325. The van der Waals surface area contributed by atoms with Crippen molar-refractivity contribution in [3.05, 3.63) is 12.4 Å². The Bertz CT molecular complexity index is 650. The van der Waals surface area contributed by atoms with Crippen LogP contribution in [0.25, 0.3) is 11.4 Å². The van der Waals surface area contributed by atoms with Crippen LogP contribution in [-0.4, -0.2) is 77.8 Å². The molecule has 9 nitrogen and oxygen atoms in total. The van der Waals surface area contributed by atoms with Crippen molar-refractivity contribution in [3.63, 3.8) is 0 Å². The van der Waals surface area contributed by atoms with E-state index in [9.17, 15) is 0 Å². The van der Waals surface area contributed by atoms with Crippen molar-refractivity contribution in [1.29, 1.82) is 0 Å². The maximum atomic E-state index is 5.54. The molecule has 0 spiro atoms. The summed E-state index contributed by atoms with van der Waals surface area (Å²) in [6, 6.07) is 0. The minimum absolute atomic E-state index is 0.639. The smallest absolute Gasteiger partial charge is 0.230 e. The number of ether oxygens (including phenoxy) is 2. The van der Waals surface area contributed by atoms with Crippen LogP contribution in [0, 0.1) is 0 Å². The maximum Gasteiger partial charge on any atom is 0.230 e. The summed E-state index contributed by atoms with van der Waals surface area (Å²) in [7, 11) is 0. The molecule has 0 aliphatic carbocycles. The van der Waals surface area contributed by atoms with Crippen molar-refractivity contribution >= 4 is 11.9 Å². The standard InChI is InChI=1S/C15H21N7O2/c1-2-21(3-7-23-6-1)14-18-13(12-10-16-17-11-12)19-15(20-14)22-4-8-24-9-5-22/h10-11H,1-9H2,(H,16,17). The third-order valence-electron chi connectivity index (χ3n) is 4.17. The van der Waals surface area contributed by atoms with Gasteiger partial charge in [0.2, 0.25) is 11.9 Å². The van der Waals surface area contributed by atoms with Crippen LogP contribution in [0.15, 0.2) is 12.4 Å². The monoisotopic (exact) mass is 331 g/mol. The lowest BCUT2D eigenvalue weighted by Crippen LogP contribution is -2.38. The molecule has 0 bridgehead atoms. The normalized spacial score (nSPS) is 19.3. The first-order valence-corrected chi connectivity index (χ1v) is 8.31. The average molecular weight is 331 g/mol. The number of aromatic amines is 1. The number of rotatable bonds is 3. The quantitative estimate of drug-likeness (QED) is 0.860. The minimum Gasteiger partial charge on any atom is -0.380 e. The van der Waals surface area contributed by atoms with Gasteiger partial charge in [-0.05, 0) is 6.42 Å². The van der Waals surface area contributed by atoms with E-state index in [1.807, 2.05) is 0 Å². The number of nitrogens with one attached hydrogen (secondary N) is 1. The SMILES string of the molecule is c1n[nH]cc1-c1nc(N2CCCOCC2)nc(N2CCOCC2)n1. The van der Waals surface area contributed by atoms with Gasteiger partial charge in [-0.1, -0.05) is 0 Å². The molecule has 24 heavy (non-hydrogen) atoms. The van der Waals surface area contributed by atoms with Gasteiger partial charge in [-0.15, -0.1) is 0 Å². The number of H-pyrrole nitrogens is 1. The molecular weight excluding hydrogens is 310 g/mol. The zero-order chi connectivity index (χ0) is 16.2. The maximum absolute atomic E-state index is 5.54. The highest BCUT2D eigenvalue weighted by molar-refractivity contribution is 5.56. The number of aromatic nitrogens is 5. The van der Waals surface area contributed by atoms with E-state index >= 15 is 0 Å². The van der Waals surface area contributed by atoms with E-state index in [0.29, 0.717) is 37.5 Å². The summed E-state index contributed by atoms with van der Waals surface area (Å²) in [6.07, 6.45) is 4.50. The molecule has 2 aliphatic rings. The van der Waals surface area contributed by atoms with Crippen LogP contribution >= 0.6 is 0 Å². The highest BCUT2D eigenvalue weighted by Crippen LogP contribution is 2.21. The molecule has 2 saturated heterocycles. The Morgan fingerprint density at radius 1 is 0.833 bits per heavy atom.